The van der Waals surface area contributed by atoms with Gasteiger partial charge < -0.3 is 9.80 Å². The minimum absolute atomic E-state index is 0.00737. The van der Waals surface area contributed by atoms with Crippen molar-refractivity contribution in [3.63, 3.8) is 0 Å². The van der Waals surface area contributed by atoms with Gasteiger partial charge in [-0.05, 0) is 45.6 Å². The smallest absolute Gasteiger partial charge is 0.245 e. The second-order valence-corrected chi connectivity index (χ2v) is 6.82. The Bertz CT molecular complexity index is 610. The number of amides is 2. The van der Waals surface area contributed by atoms with Crippen LogP contribution in [0, 0.1) is 13.8 Å². The maximum absolute atomic E-state index is 12.9. The Hall–Kier alpha value is -1.85. The first kappa shape index (κ1) is 16.0. The van der Waals surface area contributed by atoms with Crippen molar-refractivity contribution in [2.24, 2.45) is 0 Å². The number of aromatic nitrogens is 2. The number of aryl methyl sites for hydroxylation is 2. The highest BCUT2D eigenvalue weighted by Crippen LogP contribution is 2.26. The van der Waals surface area contributed by atoms with Crippen molar-refractivity contribution >= 4 is 11.8 Å². The van der Waals surface area contributed by atoms with E-state index in [1.54, 1.807) is 11.8 Å². The monoisotopic (exact) mass is 318 g/mol. The maximum atomic E-state index is 12.9. The minimum Gasteiger partial charge on any atom is -0.339 e. The van der Waals surface area contributed by atoms with Crippen LogP contribution in [0.2, 0.25) is 0 Å². The van der Waals surface area contributed by atoms with Crippen molar-refractivity contribution < 1.29 is 9.59 Å². The lowest BCUT2D eigenvalue weighted by molar-refractivity contribution is -0.144. The summed E-state index contributed by atoms with van der Waals surface area (Å²) in [4.78, 5) is 28.3. The van der Waals surface area contributed by atoms with E-state index in [9.17, 15) is 9.59 Å². The van der Waals surface area contributed by atoms with Gasteiger partial charge in [0.25, 0.3) is 0 Å². The Labute approximate surface area is 137 Å². The molecular formula is C17H26N4O2. The van der Waals surface area contributed by atoms with Crippen molar-refractivity contribution in [3.8, 4) is 0 Å². The second kappa shape index (κ2) is 6.34. The molecule has 126 valence electrons. The topological polar surface area (TPSA) is 58.4 Å². The zero-order valence-corrected chi connectivity index (χ0v) is 14.3. The van der Waals surface area contributed by atoms with Crippen LogP contribution in [0.4, 0.5) is 0 Å². The van der Waals surface area contributed by atoms with Gasteiger partial charge in [-0.1, -0.05) is 0 Å². The normalized spacial score (nSPS) is 25.0. The van der Waals surface area contributed by atoms with Crippen molar-refractivity contribution in [1.29, 1.82) is 0 Å². The van der Waals surface area contributed by atoms with Gasteiger partial charge in [0.1, 0.15) is 6.04 Å². The molecule has 6 nitrogen and oxygen atoms in total. The number of likely N-dealkylation sites (tertiary alicyclic amines) is 2. The number of rotatable bonds is 2. The van der Waals surface area contributed by atoms with E-state index in [0.717, 1.165) is 43.6 Å². The first-order chi connectivity index (χ1) is 11.0. The van der Waals surface area contributed by atoms with Crippen LogP contribution < -0.4 is 0 Å². The molecule has 0 bridgehead atoms. The third-order valence-corrected chi connectivity index (χ3v) is 5.04. The molecule has 2 amide bonds. The molecule has 0 N–H and O–H groups in total. The van der Waals surface area contributed by atoms with Crippen LogP contribution in [0.25, 0.3) is 0 Å². The van der Waals surface area contributed by atoms with Crippen LogP contribution in [-0.2, 0) is 9.59 Å². The van der Waals surface area contributed by atoms with Crippen LogP contribution >= 0.6 is 0 Å². The molecule has 0 spiro atoms. The number of piperidine rings is 1. The number of hydrogen-bond acceptors (Lipinski definition) is 3. The number of carbonyl (C=O) groups excluding carboxylic acids is 2. The summed E-state index contributed by atoms with van der Waals surface area (Å²) < 4.78 is 2.06. The summed E-state index contributed by atoms with van der Waals surface area (Å²) in [5, 5.41) is 4.58. The van der Waals surface area contributed by atoms with Gasteiger partial charge >= 0.3 is 0 Å². The van der Waals surface area contributed by atoms with Crippen molar-refractivity contribution in [3.05, 3.63) is 17.5 Å². The highest BCUT2D eigenvalue weighted by Gasteiger charge is 2.37. The first-order valence-electron chi connectivity index (χ1n) is 8.56. The Morgan fingerprint density at radius 3 is 2.57 bits per heavy atom. The molecule has 3 rings (SSSR count). The van der Waals surface area contributed by atoms with Crippen LogP contribution in [0.15, 0.2) is 6.07 Å². The summed E-state index contributed by atoms with van der Waals surface area (Å²) in [5.74, 6) is 0.122. The van der Waals surface area contributed by atoms with Crippen molar-refractivity contribution in [2.45, 2.75) is 58.5 Å². The average Bonchev–Trinajstić information content (AvgIpc) is 3.13. The van der Waals surface area contributed by atoms with Gasteiger partial charge in [0.2, 0.25) is 11.8 Å². The standard InChI is InChI=1S/C17H26N4O2/c1-12-10-13(2)21(18-12)15-6-4-8-19(11-15)17(23)16-7-5-9-20(16)14(3)22/h10,15-16H,4-9,11H2,1-3H3/t15-,16+/m1/s1. The second-order valence-electron chi connectivity index (χ2n) is 6.82. The van der Waals surface area contributed by atoms with E-state index in [1.165, 1.54) is 0 Å². The molecule has 2 atom stereocenters. The fraction of sp³-hybridized carbons (Fsp3) is 0.706. The molecule has 2 saturated heterocycles. The van der Waals surface area contributed by atoms with Crippen molar-refractivity contribution in [1.82, 2.24) is 19.6 Å². The first-order valence-corrected chi connectivity index (χ1v) is 8.56. The molecule has 1 aromatic rings. The van der Waals surface area contributed by atoms with E-state index in [2.05, 4.69) is 22.8 Å². The third-order valence-electron chi connectivity index (χ3n) is 5.04. The average molecular weight is 318 g/mol. The maximum Gasteiger partial charge on any atom is 0.245 e. The van der Waals surface area contributed by atoms with Crippen LogP contribution in [-0.4, -0.2) is 57.1 Å². The van der Waals surface area contributed by atoms with Gasteiger partial charge in [-0.15, -0.1) is 0 Å². The van der Waals surface area contributed by atoms with Gasteiger partial charge in [-0.25, -0.2) is 0 Å². The van der Waals surface area contributed by atoms with Gasteiger partial charge in [-0.2, -0.15) is 5.10 Å². The number of hydrogen-bond donors (Lipinski definition) is 0. The Morgan fingerprint density at radius 2 is 1.91 bits per heavy atom. The molecule has 6 heteroatoms. The van der Waals surface area contributed by atoms with E-state index in [4.69, 9.17) is 0 Å². The number of carbonyl (C=O) groups is 2. The van der Waals surface area contributed by atoms with E-state index in [1.807, 2.05) is 11.8 Å². The van der Waals surface area contributed by atoms with Crippen LogP contribution in [0.3, 0.4) is 0 Å². The molecule has 0 aromatic carbocycles. The SMILES string of the molecule is CC(=O)N1CCC[C@H]1C(=O)N1CCC[C@@H](n2nc(C)cc2C)C1. The molecule has 2 fully saturated rings. The fourth-order valence-corrected chi connectivity index (χ4v) is 3.98. The molecule has 0 radical (unpaired) electrons. The summed E-state index contributed by atoms with van der Waals surface area (Å²) in [5.41, 5.74) is 2.16. The molecule has 0 saturated carbocycles. The van der Waals surface area contributed by atoms with E-state index >= 15 is 0 Å². The molecule has 3 heterocycles. The predicted octanol–water partition coefficient (Wildman–Crippen LogP) is 1.67. The highest BCUT2D eigenvalue weighted by atomic mass is 16.2. The van der Waals surface area contributed by atoms with E-state index in [0.29, 0.717) is 13.1 Å². The fourth-order valence-electron chi connectivity index (χ4n) is 3.98. The zero-order chi connectivity index (χ0) is 16.6. The molecule has 1 aromatic heterocycles. The lowest BCUT2D eigenvalue weighted by atomic mass is 10.0. The van der Waals surface area contributed by atoms with Gasteiger partial charge in [0.05, 0.1) is 11.7 Å². The molecule has 0 aliphatic carbocycles. The summed E-state index contributed by atoms with van der Waals surface area (Å²) in [7, 11) is 0. The molecule has 23 heavy (non-hydrogen) atoms. The van der Waals surface area contributed by atoms with Gasteiger partial charge in [-0.3, -0.25) is 14.3 Å². The Morgan fingerprint density at radius 1 is 1.17 bits per heavy atom. The van der Waals surface area contributed by atoms with E-state index < -0.39 is 0 Å². The minimum atomic E-state index is -0.258. The summed E-state index contributed by atoms with van der Waals surface area (Å²) in [6.07, 6.45) is 3.75. The summed E-state index contributed by atoms with van der Waals surface area (Å²) in [6.45, 7) is 7.81. The lowest BCUT2D eigenvalue weighted by Gasteiger charge is -2.36. The summed E-state index contributed by atoms with van der Waals surface area (Å²) in [6, 6.07) is 2.06. The molecule has 2 aliphatic rings. The third kappa shape index (κ3) is 3.12. The summed E-state index contributed by atoms with van der Waals surface area (Å²) >= 11 is 0. The van der Waals surface area contributed by atoms with Gasteiger partial charge in [0, 0.05) is 32.3 Å². The quantitative estimate of drug-likeness (QED) is 0.833. The zero-order valence-electron chi connectivity index (χ0n) is 14.3. The van der Waals surface area contributed by atoms with Crippen molar-refractivity contribution in [2.75, 3.05) is 19.6 Å². The lowest BCUT2D eigenvalue weighted by Crippen LogP contribution is -2.50. The highest BCUT2D eigenvalue weighted by molar-refractivity contribution is 5.87. The Balaban J connectivity index is 1.72. The predicted molar refractivity (Wildman–Crippen MR) is 87.0 cm³/mol. The van der Waals surface area contributed by atoms with Gasteiger partial charge in [0.15, 0.2) is 0 Å². The van der Waals surface area contributed by atoms with Crippen LogP contribution in [0.5, 0.6) is 0 Å². The molecular weight excluding hydrogens is 292 g/mol. The molecule has 0 unspecified atom stereocenters. The Kier molecular flexibility index (Phi) is 4.41. The molecule has 2 aliphatic heterocycles. The largest absolute Gasteiger partial charge is 0.339 e. The van der Waals surface area contributed by atoms with Crippen LogP contribution in [0.1, 0.15) is 50.0 Å². The number of nitrogens with zero attached hydrogens (tertiary/aromatic N) is 4. The van der Waals surface area contributed by atoms with E-state index in [-0.39, 0.29) is 23.9 Å².